The van der Waals surface area contributed by atoms with E-state index in [4.69, 9.17) is 16.0 Å². The largest absolute Gasteiger partial charge is 0.431 e. The van der Waals surface area contributed by atoms with Crippen molar-refractivity contribution in [3.63, 3.8) is 0 Å². The Morgan fingerprint density at radius 3 is 2.60 bits per heavy atom. The molecule has 3 rings (SSSR count). The van der Waals surface area contributed by atoms with Crippen LogP contribution in [0.25, 0.3) is 11.1 Å². The zero-order valence-corrected chi connectivity index (χ0v) is 15.7. The number of carbonyl (C=O) groups is 1. The quantitative estimate of drug-likeness (QED) is 0.557. The predicted octanol–water partition coefficient (Wildman–Crippen LogP) is 5.18. The van der Waals surface area contributed by atoms with E-state index in [0.717, 1.165) is 5.56 Å². The molecule has 130 valence electrons. The fourth-order valence-corrected chi connectivity index (χ4v) is 3.82. The molecule has 4 nitrogen and oxygen atoms in total. The number of nitrogens with zero attached hydrogens (tertiary/aromatic N) is 2. The predicted molar refractivity (Wildman–Crippen MR) is 102 cm³/mol. The van der Waals surface area contributed by atoms with Gasteiger partial charge in [-0.3, -0.25) is 4.79 Å². The Morgan fingerprint density at radius 1 is 1.20 bits per heavy atom. The average Bonchev–Trinajstić information content (AvgIpc) is 3.03. The first-order chi connectivity index (χ1) is 12.1. The molecule has 1 aromatic heterocycles. The number of fused-ring (bicyclic) bond motifs is 1. The van der Waals surface area contributed by atoms with Crippen molar-refractivity contribution in [2.75, 3.05) is 13.1 Å². The maximum absolute atomic E-state index is 13.0. The summed E-state index contributed by atoms with van der Waals surface area (Å²) in [6.45, 7) is 5.30. The summed E-state index contributed by atoms with van der Waals surface area (Å²) < 4.78 is 5.79. The number of rotatable bonds is 6. The van der Waals surface area contributed by atoms with Crippen LogP contribution in [0, 0.1) is 0 Å². The highest BCUT2D eigenvalue weighted by molar-refractivity contribution is 8.00. The van der Waals surface area contributed by atoms with E-state index in [2.05, 4.69) is 4.98 Å². The van der Waals surface area contributed by atoms with Gasteiger partial charge in [0.05, 0.1) is 0 Å². The number of benzene rings is 2. The number of hydrogen-bond acceptors (Lipinski definition) is 4. The Balaban J connectivity index is 1.94. The van der Waals surface area contributed by atoms with Crippen LogP contribution >= 0.6 is 23.4 Å². The van der Waals surface area contributed by atoms with Gasteiger partial charge in [0.15, 0.2) is 5.58 Å². The van der Waals surface area contributed by atoms with E-state index >= 15 is 0 Å². The zero-order chi connectivity index (χ0) is 17.8. The van der Waals surface area contributed by atoms with Crippen molar-refractivity contribution in [3.05, 3.63) is 59.1 Å². The van der Waals surface area contributed by atoms with Crippen LogP contribution in [0.2, 0.25) is 5.02 Å². The molecule has 2 aromatic carbocycles. The van der Waals surface area contributed by atoms with E-state index in [0.29, 0.717) is 34.4 Å². The molecule has 1 amide bonds. The standard InChI is InChI=1S/C19H19ClN2O2S/c1-3-22(4-2)18(23)17(13-8-6-5-7-9-13)25-19-21-15-12-14(20)10-11-16(15)24-19/h5-12,17H,3-4H2,1-2H3/t17-/m0/s1. The van der Waals surface area contributed by atoms with Gasteiger partial charge in [-0.25, -0.2) is 4.98 Å². The smallest absolute Gasteiger partial charge is 0.257 e. The van der Waals surface area contributed by atoms with Gasteiger partial charge in [0.2, 0.25) is 5.91 Å². The second kappa shape index (κ2) is 7.93. The highest BCUT2D eigenvalue weighted by atomic mass is 35.5. The lowest BCUT2D eigenvalue weighted by Crippen LogP contribution is -2.33. The van der Waals surface area contributed by atoms with Crippen LogP contribution in [0.5, 0.6) is 0 Å². The Bertz CT molecular complexity index is 862. The van der Waals surface area contributed by atoms with Gasteiger partial charge in [0.1, 0.15) is 10.8 Å². The second-order valence-corrected chi connectivity index (χ2v) is 7.00. The topological polar surface area (TPSA) is 46.3 Å². The van der Waals surface area contributed by atoms with Crippen molar-refractivity contribution < 1.29 is 9.21 Å². The molecule has 1 heterocycles. The van der Waals surface area contributed by atoms with Crippen LogP contribution in [0.15, 0.2) is 58.2 Å². The Morgan fingerprint density at radius 2 is 1.92 bits per heavy atom. The Kier molecular flexibility index (Phi) is 5.66. The number of halogens is 1. The van der Waals surface area contributed by atoms with Gasteiger partial charge in [-0.2, -0.15) is 0 Å². The molecule has 25 heavy (non-hydrogen) atoms. The summed E-state index contributed by atoms with van der Waals surface area (Å²) in [5.74, 6) is 0.0569. The zero-order valence-electron chi connectivity index (χ0n) is 14.1. The molecule has 1 atom stereocenters. The molecule has 0 aliphatic rings. The molecule has 0 radical (unpaired) electrons. The van der Waals surface area contributed by atoms with Gasteiger partial charge in [-0.1, -0.05) is 41.9 Å². The molecule has 0 spiro atoms. The number of hydrogen-bond donors (Lipinski definition) is 0. The lowest BCUT2D eigenvalue weighted by Gasteiger charge is -2.24. The normalized spacial score (nSPS) is 12.3. The molecule has 0 saturated heterocycles. The summed E-state index contributed by atoms with van der Waals surface area (Å²) in [7, 11) is 0. The van der Waals surface area contributed by atoms with Crippen LogP contribution < -0.4 is 0 Å². The summed E-state index contributed by atoms with van der Waals surface area (Å²) in [5, 5.41) is 0.674. The molecule has 0 unspecified atom stereocenters. The molecular weight excluding hydrogens is 356 g/mol. The fourth-order valence-electron chi connectivity index (χ4n) is 2.62. The first-order valence-corrected chi connectivity index (χ1v) is 9.44. The van der Waals surface area contributed by atoms with Crippen LogP contribution in [0.1, 0.15) is 24.7 Å². The van der Waals surface area contributed by atoms with Crippen molar-refractivity contribution in [1.82, 2.24) is 9.88 Å². The van der Waals surface area contributed by atoms with Crippen molar-refractivity contribution in [2.45, 2.75) is 24.3 Å². The molecule has 0 aliphatic heterocycles. The number of oxazole rings is 1. The summed E-state index contributed by atoms with van der Waals surface area (Å²) in [6, 6.07) is 15.0. The molecule has 3 aromatic rings. The molecule has 6 heteroatoms. The maximum Gasteiger partial charge on any atom is 0.257 e. The molecular formula is C19H19ClN2O2S. The van der Waals surface area contributed by atoms with E-state index in [1.807, 2.05) is 49.1 Å². The van der Waals surface area contributed by atoms with Crippen LogP contribution in [0.3, 0.4) is 0 Å². The van der Waals surface area contributed by atoms with Gasteiger partial charge in [-0.15, -0.1) is 0 Å². The van der Waals surface area contributed by atoms with Crippen molar-refractivity contribution in [1.29, 1.82) is 0 Å². The Hall–Kier alpha value is -1.98. The van der Waals surface area contributed by atoms with E-state index in [1.165, 1.54) is 11.8 Å². The number of likely N-dealkylation sites (N-methyl/N-ethyl adjacent to an activating group) is 1. The van der Waals surface area contributed by atoms with Crippen LogP contribution in [0.4, 0.5) is 0 Å². The highest BCUT2D eigenvalue weighted by Crippen LogP contribution is 2.37. The molecule has 0 bridgehead atoms. The van der Waals surface area contributed by atoms with Crippen molar-refractivity contribution in [3.8, 4) is 0 Å². The maximum atomic E-state index is 13.0. The lowest BCUT2D eigenvalue weighted by atomic mass is 10.1. The van der Waals surface area contributed by atoms with E-state index < -0.39 is 5.25 Å². The van der Waals surface area contributed by atoms with E-state index in [-0.39, 0.29) is 5.91 Å². The first-order valence-electron chi connectivity index (χ1n) is 8.18. The SMILES string of the molecule is CCN(CC)C(=O)[C@@H](Sc1nc2cc(Cl)ccc2o1)c1ccccc1. The van der Waals surface area contributed by atoms with Gasteiger partial charge in [0, 0.05) is 18.1 Å². The van der Waals surface area contributed by atoms with E-state index in [9.17, 15) is 4.79 Å². The third kappa shape index (κ3) is 3.99. The third-order valence-corrected chi connectivity index (χ3v) is 5.27. The average molecular weight is 375 g/mol. The number of thioether (sulfide) groups is 1. The first kappa shape index (κ1) is 17.8. The van der Waals surface area contributed by atoms with E-state index in [1.54, 1.807) is 18.2 Å². The monoisotopic (exact) mass is 374 g/mol. The minimum Gasteiger partial charge on any atom is -0.431 e. The fraction of sp³-hybridized carbons (Fsp3) is 0.263. The molecule has 0 N–H and O–H groups in total. The lowest BCUT2D eigenvalue weighted by molar-refractivity contribution is -0.130. The van der Waals surface area contributed by atoms with Gasteiger partial charge in [-0.05, 0) is 49.4 Å². The number of amides is 1. The van der Waals surface area contributed by atoms with Crippen LogP contribution in [-0.2, 0) is 4.79 Å². The summed E-state index contributed by atoms with van der Waals surface area (Å²) >= 11 is 7.34. The summed E-state index contributed by atoms with van der Waals surface area (Å²) in [4.78, 5) is 19.3. The minimum absolute atomic E-state index is 0.0569. The molecule has 0 saturated carbocycles. The van der Waals surface area contributed by atoms with Gasteiger partial charge >= 0.3 is 0 Å². The summed E-state index contributed by atoms with van der Waals surface area (Å²) in [5.41, 5.74) is 2.29. The molecule has 0 aliphatic carbocycles. The van der Waals surface area contributed by atoms with Crippen molar-refractivity contribution in [2.24, 2.45) is 0 Å². The second-order valence-electron chi connectivity index (χ2n) is 5.51. The number of aromatic nitrogens is 1. The Labute approximate surface area is 156 Å². The summed E-state index contributed by atoms with van der Waals surface area (Å²) in [6.07, 6.45) is 0. The minimum atomic E-state index is -0.398. The highest BCUT2D eigenvalue weighted by Gasteiger charge is 2.27. The van der Waals surface area contributed by atoms with Crippen LogP contribution in [-0.4, -0.2) is 28.9 Å². The molecule has 0 fully saturated rings. The van der Waals surface area contributed by atoms with Crippen molar-refractivity contribution >= 4 is 40.4 Å². The third-order valence-electron chi connectivity index (χ3n) is 3.95. The number of carbonyl (C=O) groups excluding carboxylic acids is 1. The van der Waals surface area contributed by atoms with Gasteiger partial charge < -0.3 is 9.32 Å². The van der Waals surface area contributed by atoms with Gasteiger partial charge in [0.25, 0.3) is 5.22 Å².